The summed E-state index contributed by atoms with van der Waals surface area (Å²) in [6, 6.07) is 41.6. The first kappa shape index (κ1) is 45.2. The lowest BCUT2D eigenvalue weighted by atomic mass is 9.47. The van der Waals surface area contributed by atoms with E-state index in [0.29, 0.717) is 0 Å². The maximum Gasteiger partial charge on any atom is 0.603 e. The number of pyridine rings is 1. The van der Waals surface area contributed by atoms with Gasteiger partial charge in [0.05, 0.1) is 11.1 Å². The zero-order valence-corrected chi connectivity index (χ0v) is 43.2. The van der Waals surface area contributed by atoms with Gasteiger partial charge >= 0.3 is 6.09 Å². The van der Waals surface area contributed by atoms with Crippen LogP contribution in [0.4, 0.5) is 4.79 Å². The Labute approximate surface area is 422 Å². The molecule has 0 unspecified atom stereocenters. The number of aryl methyl sites for hydroxylation is 1. The minimum atomic E-state index is -0.415. The Morgan fingerprint density at radius 2 is 0.873 bits per heavy atom. The normalized spacial score (nSPS) is 27.7. The van der Waals surface area contributed by atoms with E-state index in [1.165, 1.54) is 99.3 Å². The molecule has 2 heterocycles. The molecular formula is C66H72NO4+. The third-order valence-electron chi connectivity index (χ3n) is 18.9. The van der Waals surface area contributed by atoms with Crippen LogP contribution in [0.1, 0.15) is 152 Å². The molecule has 0 radical (unpaired) electrons. The second-order valence-electron chi connectivity index (χ2n) is 26.1. The minimum absolute atomic E-state index is 0.0156. The standard InChI is InChI=1S/C66H72NO4/c1-40-21-58-52-19-13-11-17-50(52)54-29-48(63(2,3)4)31-56(65-33-42-23-43(34-65)25-44(24-42)35-65)60(54)70-71-61-55(30-49(64(5,6)7)32-57(61)66-36-45-26-46(37-66)28-47(27-45)38-66)51-18-12-14-20-53(51)59(22-40)67(58)62(68)69-39-41-15-9-8-10-16-41/h8-22,29-32,42-47H,23-28,33-39H2,1-7H3/q+1. The predicted molar refractivity (Wildman–Crippen MR) is 283 cm³/mol. The van der Waals surface area contributed by atoms with Gasteiger partial charge in [0.1, 0.15) is 6.61 Å². The molecule has 8 fully saturated rings. The van der Waals surface area contributed by atoms with Gasteiger partial charge in [-0.1, -0.05) is 125 Å². The number of benzene rings is 5. The zero-order chi connectivity index (χ0) is 48.6. The smallest absolute Gasteiger partial charge is 0.407 e. The van der Waals surface area contributed by atoms with Crippen molar-refractivity contribution in [2.24, 2.45) is 35.5 Å². The van der Waals surface area contributed by atoms with Gasteiger partial charge < -0.3 is 4.74 Å². The van der Waals surface area contributed by atoms with Gasteiger partial charge in [0.2, 0.25) is 11.4 Å². The molecule has 10 bridgehead atoms. The fraction of sp³-hybridized carbons (Fsp3) is 0.455. The van der Waals surface area contributed by atoms with E-state index in [1.807, 2.05) is 34.9 Å². The van der Waals surface area contributed by atoms with Crippen LogP contribution in [0.5, 0.6) is 11.5 Å². The minimum Gasteiger partial charge on any atom is -0.407 e. The van der Waals surface area contributed by atoms with Gasteiger partial charge in [0, 0.05) is 34.4 Å². The summed E-state index contributed by atoms with van der Waals surface area (Å²) in [5.74, 6) is 6.10. The van der Waals surface area contributed by atoms with Crippen LogP contribution >= 0.6 is 0 Å². The zero-order valence-electron chi connectivity index (χ0n) is 43.2. The van der Waals surface area contributed by atoms with Crippen LogP contribution in [-0.4, -0.2) is 6.09 Å². The van der Waals surface area contributed by atoms with Gasteiger partial charge in [-0.05, 0) is 199 Å². The second kappa shape index (κ2) is 16.4. The van der Waals surface area contributed by atoms with Crippen LogP contribution in [0.15, 0.2) is 115 Å². The van der Waals surface area contributed by atoms with E-state index < -0.39 is 6.09 Å². The van der Waals surface area contributed by atoms with Gasteiger partial charge in [0.15, 0.2) is 11.5 Å². The van der Waals surface area contributed by atoms with Gasteiger partial charge in [-0.25, -0.2) is 0 Å². The topological polar surface area (TPSA) is 48.6 Å². The Bertz CT molecular complexity index is 2860. The molecular weight excluding hydrogens is 871 g/mol. The highest BCUT2D eigenvalue weighted by Gasteiger charge is 2.55. The van der Waals surface area contributed by atoms with Crippen LogP contribution in [-0.2, 0) is 33.0 Å². The number of nitrogens with zero attached hydrogens (tertiary/aromatic N) is 1. The molecule has 1 aromatic heterocycles. The summed E-state index contributed by atoms with van der Waals surface area (Å²) >= 11 is 0. The number of fused-ring (bicyclic) bond motifs is 10. The van der Waals surface area contributed by atoms with Crippen LogP contribution in [0.3, 0.4) is 0 Å². The average molecular weight is 943 g/mol. The molecule has 0 spiro atoms. The quantitative estimate of drug-likeness (QED) is 0.131. The van der Waals surface area contributed by atoms with Crippen LogP contribution in [0.2, 0.25) is 0 Å². The molecule has 0 atom stereocenters. The molecule has 9 aliphatic rings. The average Bonchev–Trinajstić information content (AvgIpc) is 3.33. The van der Waals surface area contributed by atoms with Crippen LogP contribution in [0, 0.1) is 42.4 Å². The lowest BCUT2D eigenvalue weighted by Gasteiger charge is -2.57. The largest absolute Gasteiger partial charge is 0.603 e. The van der Waals surface area contributed by atoms with Crippen molar-refractivity contribution in [2.75, 3.05) is 0 Å². The first-order valence-electron chi connectivity index (χ1n) is 27.3. The van der Waals surface area contributed by atoms with Gasteiger partial charge in [-0.3, -0.25) is 9.78 Å². The molecule has 71 heavy (non-hydrogen) atoms. The van der Waals surface area contributed by atoms with Crippen molar-refractivity contribution in [3.05, 3.63) is 149 Å². The number of carbonyl (C=O) groups excluding carboxylic acids is 1. The van der Waals surface area contributed by atoms with E-state index in [9.17, 15) is 0 Å². The maximum absolute atomic E-state index is 15.4. The van der Waals surface area contributed by atoms with Crippen molar-refractivity contribution >= 4 is 6.09 Å². The molecule has 0 N–H and O–H groups in total. The molecule has 0 amide bonds. The second-order valence-corrected chi connectivity index (χ2v) is 26.1. The third kappa shape index (κ3) is 7.68. The lowest BCUT2D eigenvalue weighted by Crippen LogP contribution is -2.49. The van der Waals surface area contributed by atoms with E-state index in [4.69, 9.17) is 14.5 Å². The van der Waals surface area contributed by atoms with Crippen molar-refractivity contribution in [3.63, 3.8) is 0 Å². The predicted octanol–water partition coefficient (Wildman–Crippen LogP) is 16.4. The van der Waals surface area contributed by atoms with Crippen molar-refractivity contribution in [1.82, 2.24) is 0 Å². The molecule has 1 aliphatic heterocycles. The van der Waals surface area contributed by atoms with Gasteiger partial charge in [-0.2, -0.15) is 4.79 Å². The number of hydrogen-bond acceptors (Lipinski definition) is 4. The SMILES string of the molecule is Cc1cc2[n+](C(=O)OCc3ccccc3)c(c1)-c1ccccc1-c1cc(C(C)(C)C)cc(C34CC5CC(CC(C5)C3)C4)c1OOc1c(cc(C(C)(C)C)cc1C13CC4CC(CC(C4)C1)C3)-c1ccccc1-2. The van der Waals surface area contributed by atoms with Crippen molar-refractivity contribution in [2.45, 2.75) is 154 Å². The molecule has 15 rings (SSSR count). The molecule has 0 saturated heterocycles. The first-order valence-corrected chi connectivity index (χ1v) is 27.3. The Kier molecular flexibility index (Phi) is 10.5. The van der Waals surface area contributed by atoms with E-state index in [0.717, 1.165) is 103 Å². The molecule has 5 heteroatoms. The summed E-state index contributed by atoms with van der Waals surface area (Å²) in [5, 5.41) is 0. The first-order chi connectivity index (χ1) is 34.1. The van der Waals surface area contributed by atoms with Crippen molar-refractivity contribution < 1.29 is 23.9 Å². The number of carbonyl (C=O) groups is 1. The highest BCUT2D eigenvalue weighted by Crippen LogP contribution is 2.65. The maximum atomic E-state index is 15.4. The fourth-order valence-corrected chi connectivity index (χ4v) is 16.4. The lowest BCUT2D eigenvalue weighted by molar-refractivity contribution is -0.563. The highest BCUT2D eigenvalue weighted by molar-refractivity contribution is 5.90. The van der Waals surface area contributed by atoms with E-state index >= 15 is 4.79 Å². The summed E-state index contributed by atoms with van der Waals surface area (Å²) in [5.41, 5.74) is 14.4. The van der Waals surface area contributed by atoms with Gasteiger partial charge in [0.25, 0.3) is 0 Å². The van der Waals surface area contributed by atoms with Crippen molar-refractivity contribution in [3.8, 4) is 56.3 Å². The number of rotatable bonds is 4. The summed E-state index contributed by atoms with van der Waals surface area (Å²) in [6.07, 6.45) is 14.9. The van der Waals surface area contributed by atoms with E-state index in [-0.39, 0.29) is 28.3 Å². The number of hydrogen-bond donors (Lipinski definition) is 0. The van der Waals surface area contributed by atoms with E-state index in [1.54, 1.807) is 0 Å². The summed E-state index contributed by atoms with van der Waals surface area (Å²) in [7, 11) is 0. The Balaban J connectivity index is 1.14. The van der Waals surface area contributed by atoms with Crippen LogP contribution in [0.25, 0.3) is 44.8 Å². The highest BCUT2D eigenvalue weighted by atomic mass is 17.2. The monoisotopic (exact) mass is 943 g/mol. The summed E-state index contributed by atoms with van der Waals surface area (Å²) < 4.78 is 8.31. The van der Waals surface area contributed by atoms with Crippen molar-refractivity contribution in [1.29, 1.82) is 0 Å². The van der Waals surface area contributed by atoms with E-state index in [2.05, 4.69) is 133 Å². The summed E-state index contributed by atoms with van der Waals surface area (Å²) in [4.78, 5) is 30.6. The molecule has 5 nitrogen and oxygen atoms in total. The Hall–Kier alpha value is -5.68. The summed E-state index contributed by atoms with van der Waals surface area (Å²) in [6.45, 7) is 16.4. The molecule has 8 aliphatic carbocycles. The van der Waals surface area contributed by atoms with Gasteiger partial charge in [-0.15, -0.1) is 0 Å². The number of aromatic nitrogens is 1. The fourth-order valence-electron chi connectivity index (χ4n) is 16.4. The third-order valence-corrected chi connectivity index (χ3v) is 18.9. The molecule has 364 valence electrons. The molecule has 6 aromatic rings. The number of ether oxygens (including phenoxy) is 1. The molecule has 8 saturated carbocycles. The van der Waals surface area contributed by atoms with Crippen LogP contribution < -0.4 is 14.3 Å². The Morgan fingerprint density at radius 1 is 0.507 bits per heavy atom. The Morgan fingerprint density at radius 3 is 1.25 bits per heavy atom. The molecule has 5 aromatic carbocycles.